The number of alkyl halides is 3. The molecule has 2 heterocycles. The van der Waals surface area contributed by atoms with Crippen LogP contribution in [0.3, 0.4) is 0 Å². The summed E-state index contributed by atoms with van der Waals surface area (Å²) in [5.41, 5.74) is 0. The normalized spacial score (nSPS) is 19.2. The topological polar surface area (TPSA) is 92.9 Å². The van der Waals surface area contributed by atoms with E-state index in [9.17, 15) is 13.2 Å². The van der Waals surface area contributed by atoms with Crippen LogP contribution in [0.2, 0.25) is 0 Å². The molecule has 0 radical (unpaired) electrons. The number of aromatic nitrogens is 4. The first-order valence-electron chi connectivity index (χ1n) is 5.05. The maximum absolute atomic E-state index is 10.6. The SMILES string of the molecule is Cn1nnc(C2CCNC2)n1.O=C(O)C(F)(F)F. The Bertz CT molecular complexity index is 400. The van der Waals surface area contributed by atoms with Crippen molar-refractivity contribution in [1.82, 2.24) is 25.5 Å². The lowest BCUT2D eigenvalue weighted by Crippen LogP contribution is -2.21. The highest BCUT2D eigenvalue weighted by molar-refractivity contribution is 5.73. The summed E-state index contributed by atoms with van der Waals surface area (Å²) >= 11 is 0. The molecule has 0 aromatic carbocycles. The minimum absolute atomic E-state index is 0.476. The molecule has 1 aliphatic rings. The van der Waals surface area contributed by atoms with E-state index in [0.717, 1.165) is 25.3 Å². The molecule has 2 N–H and O–H groups in total. The molecule has 1 unspecified atom stereocenters. The average molecular weight is 267 g/mol. The van der Waals surface area contributed by atoms with Gasteiger partial charge in [0.05, 0.1) is 7.05 Å². The van der Waals surface area contributed by atoms with E-state index in [2.05, 4.69) is 20.7 Å². The summed E-state index contributed by atoms with van der Waals surface area (Å²) in [7, 11) is 1.79. The molecule has 10 heteroatoms. The van der Waals surface area contributed by atoms with Crippen LogP contribution in [0.25, 0.3) is 0 Å². The number of aliphatic carboxylic acids is 1. The van der Waals surface area contributed by atoms with Gasteiger partial charge in [-0.1, -0.05) is 0 Å². The van der Waals surface area contributed by atoms with Crippen molar-refractivity contribution in [2.75, 3.05) is 13.1 Å². The van der Waals surface area contributed by atoms with E-state index >= 15 is 0 Å². The fourth-order valence-corrected chi connectivity index (χ4v) is 1.34. The molecule has 1 aromatic rings. The van der Waals surface area contributed by atoms with E-state index in [1.54, 1.807) is 7.05 Å². The van der Waals surface area contributed by atoms with Gasteiger partial charge in [-0.3, -0.25) is 0 Å². The average Bonchev–Trinajstić information content (AvgIpc) is 2.86. The van der Waals surface area contributed by atoms with Crippen LogP contribution < -0.4 is 5.32 Å². The molecule has 0 spiro atoms. The number of aryl methyl sites for hydroxylation is 1. The van der Waals surface area contributed by atoms with Gasteiger partial charge in [-0.2, -0.15) is 18.0 Å². The molecule has 1 aromatic heterocycles. The number of tetrazole rings is 1. The summed E-state index contributed by atoms with van der Waals surface area (Å²) in [6, 6.07) is 0. The van der Waals surface area contributed by atoms with E-state index in [1.165, 1.54) is 4.80 Å². The molecule has 18 heavy (non-hydrogen) atoms. The molecule has 1 aliphatic heterocycles. The van der Waals surface area contributed by atoms with Crippen molar-refractivity contribution >= 4 is 5.97 Å². The van der Waals surface area contributed by atoms with E-state index in [0.29, 0.717) is 5.92 Å². The first-order valence-corrected chi connectivity index (χ1v) is 5.05. The van der Waals surface area contributed by atoms with Crippen molar-refractivity contribution in [3.63, 3.8) is 0 Å². The van der Waals surface area contributed by atoms with Crippen LogP contribution in [0.15, 0.2) is 0 Å². The zero-order chi connectivity index (χ0) is 13.8. The molecule has 0 saturated carbocycles. The summed E-state index contributed by atoms with van der Waals surface area (Å²) in [5, 5.41) is 22.3. The number of carboxylic acids is 1. The highest BCUT2D eigenvalue weighted by Crippen LogP contribution is 2.16. The second kappa shape index (κ2) is 5.76. The third-order valence-electron chi connectivity index (χ3n) is 2.19. The van der Waals surface area contributed by atoms with Crippen molar-refractivity contribution < 1.29 is 23.1 Å². The Balaban J connectivity index is 0.000000203. The van der Waals surface area contributed by atoms with E-state index in [4.69, 9.17) is 9.90 Å². The predicted octanol–water partition coefficient (Wildman–Crippen LogP) is -0.0797. The van der Waals surface area contributed by atoms with E-state index < -0.39 is 12.1 Å². The van der Waals surface area contributed by atoms with Crippen LogP contribution >= 0.6 is 0 Å². The largest absolute Gasteiger partial charge is 0.490 e. The van der Waals surface area contributed by atoms with E-state index in [1.807, 2.05) is 0 Å². The number of hydrogen-bond donors (Lipinski definition) is 2. The second-order valence-corrected chi connectivity index (χ2v) is 3.63. The Morgan fingerprint density at radius 2 is 2.17 bits per heavy atom. The van der Waals surface area contributed by atoms with Gasteiger partial charge in [0.2, 0.25) is 0 Å². The van der Waals surface area contributed by atoms with Crippen molar-refractivity contribution in [1.29, 1.82) is 0 Å². The molecule has 0 aliphatic carbocycles. The van der Waals surface area contributed by atoms with Gasteiger partial charge in [-0.25, -0.2) is 4.79 Å². The summed E-state index contributed by atoms with van der Waals surface area (Å²) in [6.07, 6.45) is -3.95. The lowest BCUT2D eigenvalue weighted by molar-refractivity contribution is -0.192. The lowest BCUT2D eigenvalue weighted by Gasteiger charge is -1.98. The zero-order valence-corrected chi connectivity index (χ0v) is 9.48. The number of carbonyl (C=O) groups is 1. The molecule has 7 nitrogen and oxygen atoms in total. The number of nitrogens with zero attached hydrogens (tertiary/aromatic N) is 4. The van der Waals surface area contributed by atoms with E-state index in [-0.39, 0.29) is 0 Å². The quantitative estimate of drug-likeness (QED) is 0.739. The Morgan fingerprint density at radius 1 is 1.56 bits per heavy atom. The van der Waals surface area contributed by atoms with Gasteiger partial charge in [0.1, 0.15) is 0 Å². The first kappa shape index (κ1) is 14.4. The Kier molecular flexibility index (Phi) is 4.59. The predicted molar refractivity (Wildman–Crippen MR) is 52.7 cm³/mol. The monoisotopic (exact) mass is 267 g/mol. The second-order valence-electron chi connectivity index (χ2n) is 3.63. The maximum Gasteiger partial charge on any atom is 0.490 e. The van der Waals surface area contributed by atoms with Crippen LogP contribution in [0.5, 0.6) is 0 Å². The van der Waals surface area contributed by atoms with Gasteiger partial charge in [0.15, 0.2) is 5.82 Å². The lowest BCUT2D eigenvalue weighted by atomic mass is 10.1. The van der Waals surface area contributed by atoms with Gasteiger partial charge < -0.3 is 10.4 Å². The smallest absolute Gasteiger partial charge is 0.475 e. The number of nitrogens with one attached hydrogen (secondary N) is 1. The highest BCUT2D eigenvalue weighted by Gasteiger charge is 2.38. The first-order chi connectivity index (χ1) is 8.30. The zero-order valence-electron chi connectivity index (χ0n) is 9.48. The number of hydrogen-bond acceptors (Lipinski definition) is 5. The van der Waals surface area contributed by atoms with Gasteiger partial charge >= 0.3 is 12.1 Å². The van der Waals surface area contributed by atoms with Crippen molar-refractivity contribution in [3.8, 4) is 0 Å². The van der Waals surface area contributed by atoms with Crippen LogP contribution in [-0.2, 0) is 11.8 Å². The third-order valence-corrected chi connectivity index (χ3v) is 2.19. The number of carboxylic acid groups (broad SMARTS) is 1. The summed E-state index contributed by atoms with van der Waals surface area (Å²) in [6.45, 7) is 2.06. The standard InChI is InChI=1S/C6H11N5.C2HF3O2/c1-11-9-6(8-10-11)5-2-3-7-4-5;3-2(4,5)1(6)7/h5,7H,2-4H2,1H3;(H,6,7). The highest BCUT2D eigenvalue weighted by atomic mass is 19.4. The van der Waals surface area contributed by atoms with Gasteiger partial charge in [-0.05, 0) is 18.2 Å². The summed E-state index contributed by atoms with van der Waals surface area (Å²) in [5.74, 6) is -1.41. The molecule has 2 rings (SSSR count). The molecular weight excluding hydrogens is 255 g/mol. The third kappa shape index (κ3) is 4.28. The molecule has 1 fully saturated rings. The Morgan fingerprint density at radius 3 is 2.50 bits per heavy atom. The summed E-state index contributed by atoms with van der Waals surface area (Å²) in [4.78, 5) is 10.4. The molecule has 102 valence electrons. The van der Waals surface area contributed by atoms with Crippen LogP contribution in [0.1, 0.15) is 18.2 Å². The van der Waals surface area contributed by atoms with Crippen LogP contribution in [0, 0.1) is 0 Å². The van der Waals surface area contributed by atoms with Crippen molar-refractivity contribution in [2.45, 2.75) is 18.5 Å². The molecular formula is C8H12F3N5O2. The Hall–Kier alpha value is -1.71. The van der Waals surface area contributed by atoms with Gasteiger partial charge in [-0.15, -0.1) is 10.2 Å². The number of rotatable bonds is 1. The van der Waals surface area contributed by atoms with Crippen LogP contribution in [-0.4, -0.2) is 50.5 Å². The minimum Gasteiger partial charge on any atom is -0.475 e. The van der Waals surface area contributed by atoms with Crippen LogP contribution in [0.4, 0.5) is 13.2 Å². The maximum atomic E-state index is 10.6. The molecule has 1 atom stereocenters. The minimum atomic E-state index is -5.08. The Labute approximate surface area is 100.0 Å². The number of halogens is 3. The fourth-order valence-electron chi connectivity index (χ4n) is 1.34. The molecule has 0 amide bonds. The van der Waals surface area contributed by atoms with Crippen molar-refractivity contribution in [3.05, 3.63) is 5.82 Å². The molecule has 0 bridgehead atoms. The van der Waals surface area contributed by atoms with Crippen molar-refractivity contribution in [2.24, 2.45) is 7.05 Å². The molecule has 1 saturated heterocycles. The fraction of sp³-hybridized carbons (Fsp3) is 0.750. The van der Waals surface area contributed by atoms with Gasteiger partial charge in [0, 0.05) is 12.5 Å². The summed E-state index contributed by atoms with van der Waals surface area (Å²) < 4.78 is 31.7. The van der Waals surface area contributed by atoms with Gasteiger partial charge in [0.25, 0.3) is 0 Å².